The number of ether oxygens (including phenoxy) is 3. The van der Waals surface area contributed by atoms with Crippen LogP contribution in [0.1, 0.15) is 67.5 Å². The van der Waals surface area contributed by atoms with Crippen molar-refractivity contribution in [2.24, 2.45) is 0 Å². The molecule has 0 spiro atoms. The highest BCUT2D eigenvalue weighted by molar-refractivity contribution is 5.90. The molecule has 0 aromatic heterocycles. The second-order valence-electron chi connectivity index (χ2n) is 8.20. The number of carboxylic acids is 1. The Bertz CT molecular complexity index is 1000. The summed E-state index contributed by atoms with van der Waals surface area (Å²) in [6, 6.07) is 11.9. The first-order valence-corrected chi connectivity index (χ1v) is 11.0. The Morgan fingerprint density at radius 2 is 1.62 bits per heavy atom. The lowest BCUT2D eigenvalue weighted by atomic mass is 9.83. The highest BCUT2D eigenvalue weighted by atomic mass is 19.3. The van der Waals surface area contributed by atoms with Crippen LogP contribution in [-0.4, -0.2) is 34.7 Å². The summed E-state index contributed by atoms with van der Waals surface area (Å²) < 4.78 is 44.2. The molecule has 1 fully saturated rings. The van der Waals surface area contributed by atoms with E-state index in [2.05, 4.69) is 0 Å². The van der Waals surface area contributed by atoms with Crippen LogP contribution >= 0.6 is 0 Å². The SMILES string of the molecule is CCC1(OC(=O)Oc2ccc(C(=O)OC(c3ccccc3)C(F)(F)C(=O)O)cc2)CCCCC1. The first-order valence-electron chi connectivity index (χ1n) is 11.0. The van der Waals surface area contributed by atoms with Gasteiger partial charge in [-0.2, -0.15) is 8.78 Å². The molecule has 7 nitrogen and oxygen atoms in total. The number of alkyl halides is 2. The molecule has 0 bridgehead atoms. The van der Waals surface area contributed by atoms with Crippen LogP contribution in [0.15, 0.2) is 54.6 Å². The Labute approximate surface area is 195 Å². The molecule has 182 valence electrons. The predicted octanol–water partition coefficient (Wildman–Crippen LogP) is 5.93. The zero-order chi connectivity index (χ0) is 24.8. The maximum absolute atomic E-state index is 14.3. The molecular weight excluding hydrogens is 450 g/mol. The molecule has 1 aliphatic rings. The second kappa shape index (κ2) is 10.6. The van der Waals surface area contributed by atoms with Gasteiger partial charge >= 0.3 is 24.0 Å². The van der Waals surface area contributed by atoms with Gasteiger partial charge in [0.25, 0.3) is 0 Å². The molecule has 1 atom stereocenters. The van der Waals surface area contributed by atoms with Gasteiger partial charge in [-0.1, -0.05) is 43.7 Å². The molecule has 1 aliphatic carbocycles. The number of esters is 1. The molecule has 9 heteroatoms. The lowest BCUT2D eigenvalue weighted by Crippen LogP contribution is -2.38. The molecule has 2 aromatic carbocycles. The Balaban J connectivity index is 1.68. The maximum atomic E-state index is 14.3. The number of hydrogen-bond acceptors (Lipinski definition) is 6. The van der Waals surface area contributed by atoms with Crippen molar-refractivity contribution < 1.29 is 42.5 Å². The molecule has 1 N–H and O–H groups in total. The van der Waals surface area contributed by atoms with E-state index in [1.165, 1.54) is 48.5 Å². The average molecular weight is 476 g/mol. The summed E-state index contributed by atoms with van der Waals surface area (Å²) in [5.41, 5.74) is -0.834. The Morgan fingerprint density at radius 1 is 1.00 bits per heavy atom. The van der Waals surface area contributed by atoms with Gasteiger partial charge in [-0.15, -0.1) is 0 Å². The molecular formula is C25H26F2O7. The lowest BCUT2D eigenvalue weighted by molar-refractivity contribution is -0.183. The van der Waals surface area contributed by atoms with Crippen LogP contribution in [0, 0.1) is 0 Å². The summed E-state index contributed by atoms with van der Waals surface area (Å²) in [5, 5.41) is 8.93. The van der Waals surface area contributed by atoms with Crippen molar-refractivity contribution in [3.8, 4) is 5.75 Å². The molecule has 0 heterocycles. The number of benzene rings is 2. The number of carboxylic acid groups (broad SMARTS) is 1. The van der Waals surface area contributed by atoms with Crippen molar-refractivity contribution in [2.75, 3.05) is 0 Å². The Kier molecular flexibility index (Phi) is 7.86. The normalized spacial score (nSPS) is 16.2. The minimum absolute atomic E-state index is 0.0964. The summed E-state index contributed by atoms with van der Waals surface area (Å²) >= 11 is 0. The third-order valence-corrected chi connectivity index (χ3v) is 5.94. The van der Waals surface area contributed by atoms with Gasteiger partial charge in [-0.05, 0) is 61.9 Å². The van der Waals surface area contributed by atoms with E-state index in [-0.39, 0.29) is 16.9 Å². The molecule has 3 rings (SSSR count). The smallest absolute Gasteiger partial charge is 0.477 e. The van der Waals surface area contributed by atoms with Crippen LogP contribution in [0.5, 0.6) is 5.75 Å². The quantitative estimate of drug-likeness (QED) is 0.372. The fourth-order valence-corrected chi connectivity index (χ4v) is 3.94. The lowest BCUT2D eigenvalue weighted by Gasteiger charge is -2.35. The van der Waals surface area contributed by atoms with Crippen LogP contribution in [0.25, 0.3) is 0 Å². The maximum Gasteiger partial charge on any atom is 0.514 e. The Hall–Kier alpha value is -3.49. The number of rotatable bonds is 8. The summed E-state index contributed by atoms with van der Waals surface area (Å²) in [6.45, 7) is 1.95. The number of hydrogen-bond donors (Lipinski definition) is 1. The third-order valence-electron chi connectivity index (χ3n) is 5.94. The monoisotopic (exact) mass is 476 g/mol. The topological polar surface area (TPSA) is 99.1 Å². The van der Waals surface area contributed by atoms with Gasteiger partial charge < -0.3 is 19.3 Å². The van der Waals surface area contributed by atoms with E-state index in [4.69, 9.17) is 19.3 Å². The van der Waals surface area contributed by atoms with Crippen molar-refractivity contribution in [1.29, 1.82) is 0 Å². The van der Waals surface area contributed by atoms with Crippen LogP contribution in [0.3, 0.4) is 0 Å². The average Bonchev–Trinajstić information content (AvgIpc) is 2.83. The zero-order valence-electron chi connectivity index (χ0n) is 18.7. The predicted molar refractivity (Wildman–Crippen MR) is 117 cm³/mol. The zero-order valence-corrected chi connectivity index (χ0v) is 18.7. The van der Waals surface area contributed by atoms with E-state index in [9.17, 15) is 23.2 Å². The van der Waals surface area contributed by atoms with Gasteiger partial charge in [0.15, 0.2) is 0 Å². The van der Waals surface area contributed by atoms with Crippen LogP contribution in [0.4, 0.5) is 13.6 Å². The number of aliphatic carboxylic acids is 1. The molecule has 1 saturated carbocycles. The van der Waals surface area contributed by atoms with Gasteiger partial charge in [0.1, 0.15) is 11.4 Å². The minimum atomic E-state index is -4.35. The summed E-state index contributed by atoms with van der Waals surface area (Å²) in [7, 11) is 0. The molecule has 1 unspecified atom stereocenters. The van der Waals surface area contributed by atoms with E-state index >= 15 is 0 Å². The van der Waals surface area contributed by atoms with Crippen LogP contribution in [-0.2, 0) is 14.3 Å². The highest BCUT2D eigenvalue weighted by Gasteiger charge is 2.51. The molecule has 0 radical (unpaired) electrons. The fourth-order valence-electron chi connectivity index (χ4n) is 3.94. The number of carbonyl (C=O) groups is 3. The number of carbonyl (C=O) groups excluding carboxylic acids is 2. The van der Waals surface area contributed by atoms with Crippen molar-refractivity contribution in [2.45, 2.75) is 63.1 Å². The molecule has 0 saturated heterocycles. The van der Waals surface area contributed by atoms with E-state index in [1.54, 1.807) is 6.07 Å². The van der Waals surface area contributed by atoms with E-state index in [0.717, 1.165) is 32.1 Å². The van der Waals surface area contributed by atoms with Gasteiger partial charge in [-0.25, -0.2) is 14.4 Å². The summed E-state index contributed by atoms with van der Waals surface area (Å²) in [4.78, 5) is 35.8. The van der Waals surface area contributed by atoms with Crippen molar-refractivity contribution >= 4 is 18.1 Å². The van der Waals surface area contributed by atoms with E-state index < -0.39 is 35.7 Å². The van der Waals surface area contributed by atoms with Crippen molar-refractivity contribution in [3.05, 3.63) is 65.7 Å². The molecule has 0 aliphatic heterocycles. The number of halogens is 2. The van der Waals surface area contributed by atoms with Gasteiger partial charge in [-0.3, -0.25) is 0 Å². The van der Waals surface area contributed by atoms with E-state index in [1.807, 2.05) is 6.92 Å². The van der Waals surface area contributed by atoms with Gasteiger partial charge in [0, 0.05) is 0 Å². The summed E-state index contributed by atoms with van der Waals surface area (Å²) in [6.07, 6.45) is 2.08. The van der Waals surface area contributed by atoms with Crippen molar-refractivity contribution in [1.82, 2.24) is 0 Å². The minimum Gasteiger partial charge on any atom is -0.477 e. The third kappa shape index (κ3) is 5.89. The van der Waals surface area contributed by atoms with Crippen LogP contribution in [0.2, 0.25) is 0 Å². The summed E-state index contributed by atoms with van der Waals surface area (Å²) in [5.74, 6) is -7.83. The standard InChI is InChI=1S/C25H26F2O7/c1-2-24(15-7-4-8-16-24)34-23(31)32-19-13-11-18(12-14-19)21(28)33-20(25(26,27)22(29)30)17-9-5-3-6-10-17/h3,5-6,9-14,20H,2,4,7-8,15-16H2,1H3,(H,29,30). The van der Waals surface area contributed by atoms with Crippen molar-refractivity contribution in [3.63, 3.8) is 0 Å². The fraction of sp³-hybridized carbons (Fsp3) is 0.400. The second-order valence-corrected chi connectivity index (χ2v) is 8.20. The largest absolute Gasteiger partial charge is 0.514 e. The Morgan fingerprint density at radius 3 is 2.18 bits per heavy atom. The molecule has 34 heavy (non-hydrogen) atoms. The van der Waals surface area contributed by atoms with Crippen LogP contribution < -0.4 is 4.74 Å². The van der Waals surface area contributed by atoms with Gasteiger partial charge in [0.05, 0.1) is 5.56 Å². The molecule has 0 amide bonds. The molecule has 2 aromatic rings. The van der Waals surface area contributed by atoms with E-state index in [0.29, 0.717) is 6.42 Å². The highest BCUT2D eigenvalue weighted by Crippen LogP contribution is 2.36. The first kappa shape index (κ1) is 25.1. The first-order chi connectivity index (χ1) is 16.2. The van der Waals surface area contributed by atoms with Gasteiger partial charge in [0.2, 0.25) is 6.10 Å².